The van der Waals surface area contributed by atoms with Crippen molar-refractivity contribution in [2.45, 2.75) is 413 Å². The molecule has 0 bridgehead atoms. The first-order chi connectivity index (χ1) is 45.3. The minimum Gasteiger partial charge on any atom is -0.394 e. The summed E-state index contributed by atoms with van der Waals surface area (Å²) in [5, 5.41) is 121. The molecule has 0 aromatic heterocycles. The molecule has 12 N–H and O–H groups in total. The number of allylic oxidation sites excluding steroid dienone is 3. The van der Waals surface area contributed by atoms with Crippen molar-refractivity contribution in [3.8, 4) is 0 Å². The van der Waals surface area contributed by atoms with E-state index in [1.54, 1.807) is 6.08 Å². The second-order valence-electron chi connectivity index (χ2n) is 27.5. The van der Waals surface area contributed by atoms with Crippen LogP contribution in [0, 0.1) is 0 Å². The van der Waals surface area contributed by atoms with Gasteiger partial charge in [-0.1, -0.05) is 282 Å². The van der Waals surface area contributed by atoms with Gasteiger partial charge in [0.15, 0.2) is 18.9 Å². The van der Waals surface area contributed by atoms with Crippen LogP contribution in [0.2, 0.25) is 0 Å². The van der Waals surface area contributed by atoms with E-state index in [1.165, 1.54) is 238 Å². The van der Waals surface area contributed by atoms with E-state index in [9.17, 15) is 61.0 Å². The van der Waals surface area contributed by atoms with Gasteiger partial charge in [0.2, 0.25) is 5.91 Å². The molecular weight excluding hydrogens is 1190 g/mol. The topological polar surface area (TPSA) is 307 Å². The molecule has 17 atom stereocenters. The number of ether oxygens (including phenoxy) is 6. The summed E-state index contributed by atoms with van der Waals surface area (Å²) in [5.41, 5.74) is 0. The maximum absolute atomic E-state index is 13.4. The van der Waals surface area contributed by atoms with Crippen LogP contribution < -0.4 is 5.32 Å². The molecule has 0 spiro atoms. The van der Waals surface area contributed by atoms with Crippen molar-refractivity contribution >= 4 is 5.91 Å². The quantitative estimate of drug-likeness (QED) is 0.0199. The molecule has 548 valence electrons. The Bertz CT molecular complexity index is 1780. The van der Waals surface area contributed by atoms with E-state index in [0.717, 1.165) is 44.9 Å². The Morgan fingerprint density at radius 3 is 1.04 bits per heavy atom. The number of carbonyl (C=O) groups is 1. The Kier molecular flexibility index (Phi) is 51.5. The molecule has 19 nitrogen and oxygen atoms in total. The Balaban J connectivity index is 1.41. The normalized spacial score (nSPS) is 27.6. The first kappa shape index (κ1) is 85.5. The van der Waals surface area contributed by atoms with Gasteiger partial charge in [0.25, 0.3) is 0 Å². The predicted octanol–water partition coefficient (Wildman–Crippen LogP) is 11.4. The fourth-order valence-corrected chi connectivity index (χ4v) is 13.1. The molecular formula is C74H139NO18. The molecule has 3 aliphatic rings. The number of hydrogen-bond acceptors (Lipinski definition) is 18. The van der Waals surface area contributed by atoms with Gasteiger partial charge < -0.3 is 89.9 Å². The van der Waals surface area contributed by atoms with Gasteiger partial charge >= 0.3 is 0 Å². The number of aliphatic hydroxyl groups is 11. The second kappa shape index (κ2) is 56.1. The van der Waals surface area contributed by atoms with Crippen molar-refractivity contribution in [1.82, 2.24) is 5.32 Å². The van der Waals surface area contributed by atoms with E-state index in [1.807, 2.05) is 6.08 Å². The molecule has 3 aliphatic heterocycles. The molecule has 0 saturated carbocycles. The number of rotatable bonds is 60. The lowest BCUT2D eigenvalue weighted by atomic mass is 9.96. The minimum atomic E-state index is -1.98. The van der Waals surface area contributed by atoms with Crippen LogP contribution in [0.1, 0.15) is 309 Å². The zero-order valence-corrected chi connectivity index (χ0v) is 58.3. The van der Waals surface area contributed by atoms with Crippen molar-refractivity contribution in [2.24, 2.45) is 0 Å². The van der Waals surface area contributed by atoms with E-state index in [2.05, 4.69) is 31.3 Å². The third kappa shape index (κ3) is 37.3. The first-order valence-electron chi connectivity index (χ1n) is 38.1. The Hall–Kier alpha value is -1.73. The molecule has 3 saturated heterocycles. The fourth-order valence-electron chi connectivity index (χ4n) is 13.1. The number of hydrogen-bond donors (Lipinski definition) is 12. The summed E-state index contributed by atoms with van der Waals surface area (Å²) in [5.74, 6) is -0.271. The number of amides is 1. The lowest BCUT2D eigenvalue weighted by Gasteiger charge is -2.48. The number of unbranched alkanes of at least 4 members (excludes halogenated alkanes) is 42. The number of aliphatic hydroxyl groups excluding tert-OH is 11. The minimum absolute atomic E-state index is 0.245. The van der Waals surface area contributed by atoms with Gasteiger partial charge in [0.05, 0.1) is 38.6 Å². The van der Waals surface area contributed by atoms with Crippen LogP contribution in [-0.4, -0.2) is 193 Å². The van der Waals surface area contributed by atoms with Gasteiger partial charge in [0, 0.05) is 6.42 Å². The van der Waals surface area contributed by atoms with Gasteiger partial charge in [0.1, 0.15) is 73.2 Å². The van der Waals surface area contributed by atoms with Crippen LogP contribution in [0.4, 0.5) is 0 Å². The lowest BCUT2D eigenvalue weighted by molar-refractivity contribution is -0.379. The molecule has 0 radical (unpaired) electrons. The highest BCUT2D eigenvalue weighted by atomic mass is 16.8. The summed E-state index contributed by atoms with van der Waals surface area (Å²) in [7, 11) is 0. The summed E-state index contributed by atoms with van der Waals surface area (Å²) in [6.45, 7) is 1.78. The lowest BCUT2D eigenvalue weighted by Crippen LogP contribution is -2.66. The average molecular weight is 1330 g/mol. The van der Waals surface area contributed by atoms with E-state index in [-0.39, 0.29) is 18.9 Å². The Morgan fingerprint density at radius 2 is 0.677 bits per heavy atom. The van der Waals surface area contributed by atoms with E-state index < -0.39 is 124 Å². The zero-order valence-electron chi connectivity index (χ0n) is 58.3. The summed E-state index contributed by atoms with van der Waals surface area (Å²) in [6.07, 6.45) is 38.7. The SMILES string of the molecule is CCCCCCCCCC/C=C\CCCCCCCCCCCCCC(=O)NC(COC1OC(CO)C(OC2OC(CO)C(OC3OC(CO)C(O)C(O)C3O)C(O)C2O)C(O)C1O)C(O)/C=C/CCCCCCCCCCCCCCCCCCCCCCCCC. The third-order valence-corrected chi connectivity index (χ3v) is 19.2. The standard InChI is InChI=1S/C74H139NO18/c1-3-5-7-9-11-13-15-17-19-21-23-25-27-28-30-31-33-35-37-39-41-43-45-47-49-51-58(79)57(75-62(80)52-50-48-46-44-42-40-38-36-34-32-29-26-24-22-20-18-16-14-12-10-8-6-4-2)56-88-72-68(86)65(83)70(60(54-77)90-72)93-74-69(87)66(84)71(61(55-78)91-74)92-73-67(85)64(82)63(81)59(53-76)89-73/h22,24,49,51,57-61,63-74,76-79,81-87H,3-21,23,25-48,50,52-56H2,1-2H3,(H,75,80)/b24-22-,51-49+. The average Bonchev–Trinajstić information content (AvgIpc) is 0.814. The van der Waals surface area contributed by atoms with Gasteiger partial charge in [-0.15, -0.1) is 0 Å². The molecule has 17 unspecified atom stereocenters. The highest BCUT2D eigenvalue weighted by molar-refractivity contribution is 5.76. The molecule has 3 rings (SSSR count). The van der Waals surface area contributed by atoms with E-state index in [4.69, 9.17) is 28.4 Å². The Morgan fingerprint density at radius 1 is 0.376 bits per heavy atom. The number of nitrogens with one attached hydrogen (secondary N) is 1. The highest BCUT2D eigenvalue weighted by Crippen LogP contribution is 2.33. The van der Waals surface area contributed by atoms with Gasteiger partial charge in [-0.2, -0.15) is 0 Å². The zero-order chi connectivity index (χ0) is 67.5. The van der Waals surface area contributed by atoms with Crippen molar-refractivity contribution in [1.29, 1.82) is 0 Å². The molecule has 19 heteroatoms. The van der Waals surface area contributed by atoms with Crippen LogP contribution in [0.5, 0.6) is 0 Å². The molecule has 0 aromatic carbocycles. The molecule has 3 fully saturated rings. The van der Waals surface area contributed by atoms with Crippen LogP contribution in [0.15, 0.2) is 24.3 Å². The highest BCUT2D eigenvalue weighted by Gasteiger charge is 2.53. The van der Waals surface area contributed by atoms with Crippen molar-refractivity contribution in [3.05, 3.63) is 24.3 Å². The Labute approximate surface area is 562 Å². The van der Waals surface area contributed by atoms with Gasteiger partial charge in [-0.25, -0.2) is 0 Å². The van der Waals surface area contributed by atoms with E-state index in [0.29, 0.717) is 6.42 Å². The predicted molar refractivity (Wildman–Crippen MR) is 365 cm³/mol. The summed E-state index contributed by atoms with van der Waals surface area (Å²) in [4.78, 5) is 13.4. The molecule has 0 aliphatic carbocycles. The van der Waals surface area contributed by atoms with Gasteiger partial charge in [-0.3, -0.25) is 4.79 Å². The maximum atomic E-state index is 13.4. The van der Waals surface area contributed by atoms with Crippen molar-refractivity contribution < 1.29 is 89.4 Å². The van der Waals surface area contributed by atoms with Crippen LogP contribution in [0.3, 0.4) is 0 Å². The van der Waals surface area contributed by atoms with Crippen LogP contribution in [-0.2, 0) is 33.2 Å². The van der Waals surface area contributed by atoms with E-state index >= 15 is 0 Å². The van der Waals surface area contributed by atoms with Crippen LogP contribution >= 0.6 is 0 Å². The first-order valence-corrected chi connectivity index (χ1v) is 38.1. The fraction of sp³-hybridized carbons (Fsp3) is 0.932. The summed E-state index contributed by atoms with van der Waals surface area (Å²) < 4.78 is 34.4. The summed E-state index contributed by atoms with van der Waals surface area (Å²) >= 11 is 0. The molecule has 0 aromatic rings. The monoisotopic (exact) mass is 1330 g/mol. The molecule has 93 heavy (non-hydrogen) atoms. The number of carbonyl (C=O) groups excluding carboxylic acids is 1. The smallest absolute Gasteiger partial charge is 0.220 e. The van der Waals surface area contributed by atoms with Gasteiger partial charge in [-0.05, 0) is 44.9 Å². The molecule has 3 heterocycles. The van der Waals surface area contributed by atoms with Crippen molar-refractivity contribution in [3.63, 3.8) is 0 Å². The van der Waals surface area contributed by atoms with Crippen molar-refractivity contribution in [2.75, 3.05) is 26.4 Å². The second-order valence-corrected chi connectivity index (χ2v) is 27.5. The maximum Gasteiger partial charge on any atom is 0.220 e. The molecule has 1 amide bonds. The third-order valence-electron chi connectivity index (χ3n) is 19.2. The largest absolute Gasteiger partial charge is 0.394 e. The van der Waals surface area contributed by atoms with Crippen LogP contribution in [0.25, 0.3) is 0 Å². The summed E-state index contributed by atoms with van der Waals surface area (Å²) in [6, 6.07) is -0.973.